The zero-order chi connectivity index (χ0) is 15.0. The Hall–Kier alpha value is -1.14. The molecule has 1 heterocycles. The number of hydrogen-bond donors (Lipinski definition) is 2. The van der Waals surface area contributed by atoms with Crippen LogP contribution in [0.25, 0.3) is 0 Å². The largest absolute Gasteiger partial charge is 0.377 e. The van der Waals surface area contributed by atoms with Gasteiger partial charge in [0.25, 0.3) is 0 Å². The zero-order valence-corrected chi connectivity index (χ0v) is 12.6. The Morgan fingerprint density at radius 1 is 1.50 bits per heavy atom. The highest BCUT2D eigenvalue weighted by Crippen LogP contribution is 2.12. The van der Waals surface area contributed by atoms with E-state index in [1.807, 2.05) is 13.8 Å². The minimum atomic E-state index is -0.490. The number of amides is 2. The molecule has 1 aliphatic heterocycles. The molecule has 1 rings (SSSR count). The summed E-state index contributed by atoms with van der Waals surface area (Å²) in [5.41, 5.74) is 5.56. The van der Waals surface area contributed by atoms with Gasteiger partial charge in [0.1, 0.15) is 6.04 Å². The monoisotopic (exact) mass is 285 g/mol. The molecule has 2 atom stereocenters. The normalized spacial score (nSPS) is 20.6. The highest BCUT2D eigenvalue weighted by Gasteiger charge is 2.32. The minimum absolute atomic E-state index is 0.0187. The van der Waals surface area contributed by atoms with Gasteiger partial charge in [-0.25, -0.2) is 0 Å². The second kappa shape index (κ2) is 8.92. The van der Waals surface area contributed by atoms with Crippen molar-refractivity contribution < 1.29 is 14.3 Å². The second-order valence-electron chi connectivity index (χ2n) is 5.35. The molecule has 0 bridgehead atoms. The molecule has 6 heteroatoms. The lowest BCUT2D eigenvalue weighted by molar-refractivity contribution is -0.148. The van der Waals surface area contributed by atoms with Crippen LogP contribution < -0.4 is 11.1 Å². The van der Waals surface area contributed by atoms with E-state index < -0.39 is 6.04 Å². The Bertz CT molecular complexity index is 323. The van der Waals surface area contributed by atoms with Crippen LogP contribution in [0.2, 0.25) is 0 Å². The predicted octanol–water partition coefficient (Wildman–Crippen LogP) is 0.115. The van der Waals surface area contributed by atoms with Crippen LogP contribution in [-0.4, -0.2) is 55.6 Å². The van der Waals surface area contributed by atoms with Crippen molar-refractivity contribution in [3.63, 3.8) is 0 Å². The Labute approximate surface area is 121 Å². The molecule has 0 aliphatic carbocycles. The third kappa shape index (κ3) is 5.09. The number of morpholine rings is 1. The van der Waals surface area contributed by atoms with Crippen molar-refractivity contribution >= 4 is 11.8 Å². The molecule has 116 valence electrons. The van der Waals surface area contributed by atoms with E-state index in [0.29, 0.717) is 38.6 Å². The number of nitrogens with two attached hydrogens (primary N) is 1. The number of carbonyl (C=O) groups excluding carboxylic acids is 2. The molecule has 6 nitrogen and oxygen atoms in total. The quantitative estimate of drug-likeness (QED) is 0.695. The van der Waals surface area contributed by atoms with E-state index in [-0.39, 0.29) is 18.4 Å². The molecule has 20 heavy (non-hydrogen) atoms. The van der Waals surface area contributed by atoms with Gasteiger partial charge >= 0.3 is 0 Å². The number of nitrogens with zero attached hydrogens (tertiary/aromatic N) is 1. The zero-order valence-electron chi connectivity index (χ0n) is 12.6. The van der Waals surface area contributed by atoms with Crippen LogP contribution in [0.5, 0.6) is 0 Å². The summed E-state index contributed by atoms with van der Waals surface area (Å²) < 4.78 is 5.34. The van der Waals surface area contributed by atoms with Crippen molar-refractivity contribution in [1.82, 2.24) is 10.2 Å². The smallest absolute Gasteiger partial charge is 0.245 e. The molecule has 0 aromatic heterocycles. The minimum Gasteiger partial charge on any atom is -0.377 e. The summed E-state index contributed by atoms with van der Waals surface area (Å²) in [4.78, 5) is 26.0. The van der Waals surface area contributed by atoms with E-state index in [1.165, 1.54) is 0 Å². The SMILES string of the molecule is CCCNC(=O)C1COCCN1C(=O)CCC(C)CN. The van der Waals surface area contributed by atoms with Gasteiger partial charge in [0, 0.05) is 19.5 Å². The summed E-state index contributed by atoms with van der Waals surface area (Å²) >= 11 is 0. The van der Waals surface area contributed by atoms with Crippen LogP contribution >= 0.6 is 0 Å². The second-order valence-corrected chi connectivity index (χ2v) is 5.35. The van der Waals surface area contributed by atoms with E-state index in [2.05, 4.69) is 5.32 Å². The number of nitrogens with one attached hydrogen (secondary N) is 1. The third-order valence-corrected chi connectivity index (χ3v) is 3.55. The lowest BCUT2D eigenvalue weighted by atomic mass is 10.0. The van der Waals surface area contributed by atoms with E-state index in [0.717, 1.165) is 12.8 Å². The maximum Gasteiger partial charge on any atom is 0.245 e. The van der Waals surface area contributed by atoms with Gasteiger partial charge in [0.05, 0.1) is 13.2 Å². The van der Waals surface area contributed by atoms with Crippen molar-refractivity contribution in [3.8, 4) is 0 Å². The highest BCUT2D eigenvalue weighted by atomic mass is 16.5. The van der Waals surface area contributed by atoms with E-state index in [9.17, 15) is 9.59 Å². The van der Waals surface area contributed by atoms with Gasteiger partial charge in [-0.3, -0.25) is 9.59 Å². The molecular formula is C14H27N3O3. The number of ether oxygens (including phenoxy) is 1. The van der Waals surface area contributed by atoms with Gasteiger partial charge in [0.15, 0.2) is 0 Å². The first-order valence-corrected chi connectivity index (χ1v) is 7.45. The van der Waals surface area contributed by atoms with Gasteiger partial charge in [0.2, 0.25) is 11.8 Å². The standard InChI is InChI=1S/C14H27N3O3/c1-3-6-16-14(19)12-10-20-8-7-17(12)13(18)5-4-11(2)9-15/h11-12H,3-10,15H2,1-2H3,(H,16,19). The predicted molar refractivity (Wildman–Crippen MR) is 77.1 cm³/mol. The van der Waals surface area contributed by atoms with E-state index >= 15 is 0 Å². The van der Waals surface area contributed by atoms with Crippen LogP contribution in [-0.2, 0) is 14.3 Å². The first kappa shape index (κ1) is 16.9. The van der Waals surface area contributed by atoms with Gasteiger partial charge < -0.3 is 20.7 Å². The van der Waals surface area contributed by atoms with Gasteiger partial charge in [-0.2, -0.15) is 0 Å². The Kier molecular flexibility index (Phi) is 7.54. The van der Waals surface area contributed by atoms with Crippen LogP contribution in [0.4, 0.5) is 0 Å². The molecule has 2 amide bonds. The Balaban J connectivity index is 2.54. The molecule has 1 aliphatic rings. The topological polar surface area (TPSA) is 84.7 Å². The average Bonchev–Trinajstić information content (AvgIpc) is 2.49. The summed E-state index contributed by atoms with van der Waals surface area (Å²) in [6, 6.07) is -0.490. The van der Waals surface area contributed by atoms with Gasteiger partial charge in [-0.15, -0.1) is 0 Å². The van der Waals surface area contributed by atoms with Gasteiger partial charge in [-0.05, 0) is 25.3 Å². The third-order valence-electron chi connectivity index (χ3n) is 3.55. The van der Waals surface area contributed by atoms with Crippen LogP contribution in [0.1, 0.15) is 33.1 Å². The molecule has 0 saturated carbocycles. The van der Waals surface area contributed by atoms with Crippen molar-refractivity contribution in [2.45, 2.75) is 39.2 Å². The fourth-order valence-electron chi connectivity index (χ4n) is 2.12. The van der Waals surface area contributed by atoms with Crippen LogP contribution in [0.15, 0.2) is 0 Å². The van der Waals surface area contributed by atoms with E-state index in [4.69, 9.17) is 10.5 Å². The molecule has 1 fully saturated rings. The van der Waals surface area contributed by atoms with Gasteiger partial charge in [-0.1, -0.05) is 13.8 Å². The van der Waals surface area contributed by atoms with Crippen molar-refractivity contribution in [3.05, 3.63) is 0 Å². The molecule has 0 aromatic carbocycles. The van der Waals surface area contributed by atoms with Crippen molar-refractivity contribution in [1.29, 1.82) is 0 Å². The lowest BCUT2D eigenvalue weighted by Gasteiger charge is -2.34. The molecule has 3 N–H and O–H groups in total. The fraction of sp³-hybridized carbons (Fsp3) is 0.857. The first-order valence-electron chi connectivity index (χ1n) is 7.45. The number of rotatable bonds is 7. The summed E-state index contributed by atoms with van der Waals surface area (Å²) in [5, 5.41) is 2.83. The summed E-state index contributed by atoms with van der Waals surface area (Å²) in [6.07, 6.45) is 2.08. The molecule has 0 spiro atoms. The summed E-state index contributed by atoms with van der Waals surface area (Å²) in [7, 11) is 0. The molecular weight excluding hydrogens is 258 g/mol. The summed E-state index contributed by atoms with van der Waals surface area (Å²) in [6.45, 7) is 6.49. The van der Waals surface area contributed by atoms with Crippen molar-refractivity contribution in [2.24, 2.45) is 11.7 Å². The molecule has 1 saturated heterocycles. The molecule has 2 unspecified atom stereocenters. The lowest BCUT2D eigenvalue weighted by Crippen LogP contribution is -2.56. The van der Waals surface area contributed by atoms with E-state index in [1.54, 1.807) is 4.90 Å². The summed E-state index contributed by atoms with van der Waals surface area (Å²) in [5.74, 6) is 0.226. The van der Waals surface area contributed by atoms with Crippen molar-refractivity contribution in [2.75, 3.05) is 32.8 Å². The maximum absolute atomic E-state index is 12.3. The van der Waals surface area contributed by atoms with Crippen LogP contribution in [0, 0.1) is 5.92 Å². The molecule has 0 radical (unpaired) electrons. The number of hydrogen-bond acceptors (Lipinski definition) is 4. The Morgan fingerprint density at radius 3 is 2.90 bits per heavy atom. The number of carbonyl (C=O) groups is 2. The fourth-order valence-corrected chi connectivity index (χ4v) is 2.12. The average molecular weight is 285 g/mol. The first-order chi connectivity index (χ1) is 9.60. The molecule has 0 aromatic rings. The maximum atomic E-state index is 12.3. The Morgan fingerprint density at radius 2 is 2.25 bits per heavy atom. The highest BCUT2D eigenvalue weighted by molar-refractivity contribution is 5.88. The van der Waals surface area contributed by atoms with Crippen LogP contribution in [0.3, 0.4) is 0 Å².